The molecule has 7 nitrogen and oxygen atoms in total. The number of hydrogen-bond acceptors (Lipinski definition) is 6. The van der Waals surface area contributed by atoms with E-state index in [1.54, 1.807) is 35.1 Å². The van der Waals surface area contributed by atoms with Gasteiger partial charge in [-0.05, 0) is 43.7 Å². The zero-order valence-corrected chi connectivity index (χ0v) is 17.5. The topological polar surface area (TPSA) is 81.9 Å². The van der Waals surface area contributed by atoms with Gasteiger partial charge in [-0.2, -0.15) is 13.8 Å². The predicted octanol–water partition coefficient (Wildman–Crippen LogP) is 4.23. The summed E-state index contributed by atoms with van der Waals surface area (Å²) in [7, 11) is 0. The molecule has 2 heterocycles. The Hall–Kier alpha value is -3.52. The maximum atomic E-state index is 12.5. The van der Waals surface area contributed by atoms with E-state index >= 15 is 0 Å². The Labute approximate surface area is 178 Å². The minimum atomic E-state index is -0.198. The summed E-state index contributed by atoms with van der Waals surface area (Å²) >= 11 is 1.17. The summed E-state index contributed by atoms with van der Waals surface area (Å²) in [5.74, 6) is 0.473. The van der Waals surface area contributed by atoms with Crippen molar-refractivity contribution >= 4 is 23.3 Å². The van der Waals surface area contributed by atoms with Crippen LogP contribution in [0, 0.1) is 13.8 Å². The first-order valence-corrected chi connectivity index (χ1v) is 10.2. The summed E-state index contributed by atoms with van der Waals surface area (Å²) in [6.45, 7) is 4.96. The number of carbonyl (C=O) groups is 1. The Morgan fingerprint density at radius 1 is 1.07 bits per heavy atom. The van der Waals surface area contributed by atoms with E-state index in [2.05, 4.69) is 50.4 Å². The zero-order valence-electron chi connectivity index (χ0n) is 16.7. The first-order valence-electron chi connectivity index (χ1n) is 9.47. The van der Waals surface area contributed by atoms with Crippen molar-refractivity contribution in [2.45, 2.75) is 27.0 Å². The van der Waals surface area contributed by atoms with Gasteiger partial charge in [0.15, 0.2) is 0 Å². The van der Waals surface area contributed by atoms with E-state index in [4.69, 9.17) is 4.74 Å². The van der Waals surface area contributed by atoms with Crippen molar-refractivity contribution in [2.75, 3.05) is 5.32 Å². The molecule has 152 valence electrons. The quantitative estimate of drug-likeness (QED) is 0.485. The molecular weight excluding hydrogens is 398 g/mol. The number of nitrogens with zero attached hydrogens (tertiary/aromatic N) is 4. The lowest BCUT2D eigenvalue weighted by molar-refractivity contribution is 0.102. The van der Waals surface area contributed by atoms with Crippen molar-refractivity contribution in [3.63, 3.8) is 0 Å². The molecule has 0 atom stereocenters. The van der Waals surface area contributed by atoms with E-state index in [9.17, 15) is 4.79 Å². The Morgan fingerprint density at radius 3 is 2.53 bits per heavy atom. The number of aromatic nitrogens is 4. The normalized spacial score (nSPS) is 10.7. The molecule has 0 saturated carbocycles. The second-order valence-corrected chi connectivity index (χ2v) is 7.50. The molecule has 0 radical (unpaired) electrons. The second kappa shape index (κ2) is 8.87. The fraction of sp³-hybridized carbons (Fsp3) is 0.182. The van der Waals surface area contributed by atoms with Gasteiger partial charge in [0.1, 0.15) is 18.1 Å². The van der Waals surface area contributed by atoms with Gasteiger partial charge in [-0.25, -0.2) is 0 Å². The van der Waals surface area contributed by atoms with E-state index in [-0.39, 0.29) is 5.91 Å². The first kappa shape index (κ1) is 19.8. The molecule has 30 heavy (non-hydrogen) atoms. The fourth-order valence-electron chi connectivity index (χ4n) is 2.83. The summed E-state index contributed by atoms with van der Waals surface area (Å²) in [6.07, 6.45) is 3.47. The standard InChI is InChI=1S/C22H21N5O2S/c1-15-3-5-17(6-4-15)12-27-13-19(11-23-27)24-22(28)18-7-9-20(10-8-18)29-14-21-16(2)25-30-26-21/h3-11,13H,12,14H2,1-2H3,(H,24,28). The van der Waals surface area contributed by atoms with Gasteiger partial charge >= 0.3 is 0 Å². The highest BCUT2D eigenvalue weighted by atomic mass is 32.1. The number of rotatable bonds is 7. The molecule has 2 aromatic heterocycles. The lowest BCUT2D eigenvalue weighted by atomic mass is 10.1. The largest absolute Gasteiger partial charge is 0.487 e. The minimum absolute atomic E-state index is 0.198. The molecule has 4 rings (SSSR count). The van der Waals surface area contributed by atoms with E-state index in [0.29, 0.717) is 30.2 Å². The molecule has 8 heteroatoms. The lowest BCUT2D eigenvalue weighted by Crippen LogP contribution is -2.11. The lowest BCUT2D eigenvalue weighted by Gasteiger charge is -2.06. The van der Waals surface area contributed by atoms with Crippen molar-refractivity contribution < 1.29 is 9.53 Å². The van der Waals surface area contributed by atoms with Crippen LogP contribution in [-0.2, 0) is 13.2 Å². The molecule has 0 aliphatic rings. The van der Waals surface area contributed by atoms with Crippen LogP contribution in [0.1, 0.15) is 32.9 Å². The smallest absolute Gasteiger partial charge is 0.255 e. The van der Waals surface area contributed by atoms with Gasteiger partial charge in [0.25, 0.3) is 5.91 Å². The summed E-state index contributed by atoms with van der Waals surface area (Å²) in [5, 5.41) is 7.20. The average Bonchev–Trinajstić information content (AvgIpc) is 3.37. The van der Waals surface area contributed by atoms with Crippen LogP contribution >= 0.6 is 11.7 Å². The SMILES string of the molecule is Cc1ccc(Cn2cc(NC(=O)c3ccc(OCc4nsnc4C)cc3)cn2)cc1. The number of ether oxygens (including phenoxy) is 1. The van der Waals surface area contributed by atoms with Crippen LogP contribution in [0.3, 0.4) is 0 Å². The predicted molar refractivity (Wildman–Crippen MR) is 116 cm³/mol. The molecule has 0 fully saturated rings. The first-order chi connectivity index (χ1) is 14.6. The van der Waals surface area contributed by atoms with Crippen molar-refractivity contribution in [3.05, 3.63) is 89.0 Å². The van der Waals surface area contributed by atoms with E-state index < -0.39 is 0 Å². The molecule has 1 N–H and O–H groups in total. The van der Waals surface area contributed by atoms with Gasteiger partial charge in [-0.3, -0.25) is 9.48 Å². The monoisotopic (exact) mass is 419 g/mol. The number of nitrogens with one attached hydrogen (secondary N) is 1. The maximum absolute atomic E-state index is 12.5. The van der Waals surface area contributed by atoms with Gasteiger partial charge in [0, 0.05) is 11.8 Å². The number of hydrogen-bond donors (Lipinski definition) is 1. The van der Waals surface area contributed by atoms with Crippen molar-refractivity contribution in [2.24, 2.45) is 0 Å². The Kier molecular flexibility index (Phi) is 5.85. The highest BCUT2D eigenvalue weighted by Crippen LogP contribution is 2.16. The third-order valence-corrected chi connectivity index (χ3v) is 5.25. The third kappa shape index (κ3) is 4.90. The number of carbonyl (C=O) groups excluding carboxylic acids is 1. The maximum Gasteiger partial charge on any atom is 0.255 e. The van der Waals surface area contributed by atoms with Gasteiger partial charge in [-0.1, -0.05) is 29.8 Å². The Balaban J connectivity index is 1.33. The van der Waals surface area contributed by atoms with Crippen LogP contribution in [0.25, 0.3) is 0 Å². The van der Waals surface area contributed by atoms with Crippen LogP contribution in [0.15, 0.2) is 60.9 Å². The molecule has 0 bridgehead atoms. The van der Waals surface area contributed by atoms with Gasteiger partial charge in [-0.15, -0.1) is 0 Å². The molecule has 0 unspecified atom stereocenters. The van der Waals surface area contributed by atoms with Crippen LogP contribution in [0.2, 0.25) is 0 Å². The molecule has 0 spiro atoms. The third-order valence-electron chi connectivity index (χ3n) is 4.59. The molecule has 0 aliphatic heterocycles. The van der Waals surface area contributed by atoms with Crippen molar-refractivity contribution in [3.8, 4) is 5.75 Å². The van der Waals surface area contributed by atoms with Crippen LogP contribution in [0.5, 0.6) is 5.75 Å². The molecule has 0 saturated heterocycles. The Bertz CT molecular complexity index is 1130. The zero-order chi connectivity index (χ0) is 20.9. The van der Waals surface area contributed by atoms with Crippen LogP contribution in [0.4, 0.5) is 5.69 Å². The summed E-state index contributed by atoms with van der Waals surface area (Å²) in [6, 6.07) is 15.3. The summed E-state index contributed by atoms with van der Waals surface area (Å²) < 4.78 is 15.8. The molecule has 4 aromatic rings. The second-order valence-electron chi connectivity index (χ2n) is 6.98. The minimum Gasteiger partial charge on any atom is -0.487 e. The number of amides is 1. The fourth-order valence-corrected chi connectivity index (χ4v) is 3.39. The van der Waals surface area contributed by atoms with Gasteiger partial charge < -0.3 is 10.1 Å². The molecule has 0 aliphatic carbocycles. The number of anilines is 1. The Morgan fingerprint density at radius 2 is 1.83 bits per heavy atom. The van der Waals surface area contributed by atoms with Crippen molar-refractivity contribution in [1.29, 1.82) is 0 Å². The van der Waals surface area contributed by atoms with Crippen LogP contribution in [-0.4, -0.2) is 24.4 Å². The molecule has 1 amide bonds. The number of benzene rings is 2. The van der Waals surface area contributed by atoms with E-state index in [0.717, 1.165) is 17.0 Å². The molecule has 2 aromatic carbocycles. The van der Waals surface area contributed by atoms with E-state index in [1.807, 2.05) is 13.1 Å². The summed E-state index contributed by atoms with van der Waals surface area (Å²) in [4.78, 5) is 12.5. The van der Waals surface area contributed by atoms with Crippen molar-refractivity contribution in [1.82, 2.24) is 18.5 Å². The number of aryl methyl sites for hydroxylation is 2. The van der Waals surface area contributed by atoms with Gasteiger partial charge in [0.2, 0.25) is 0 Å². The average molecular weight is 420 g/mol. The highest BCUT2D eigenvalue weighted by molar-refractivity contribution is 6.99. The summed E-state index contributed by atoms with van der Waals surface area (Å²) in [5.41, 5.74) is 5.27. The van der Waals surface area contributed by atoms with E-state index in [1.165, 1.54) is 17.3 Å². The highest BCUT2D eigenvalue weighted by Gasteiger charge is 2.09. The molecular formula is C22H21N5O2S. The van der Waals surface area contributed by atoms with Crippen LogP contribution < -0.4 is 10.1 Å². The van der Waals surface area contributed by atoms with Gasteiger partial charge in [0.05, 0.1) is 35.9 Å².